The maximum absolute atomic E-state index is 3.72. The molecule has 0 rings (SSSR count). The standard InChI is InChI=1S/C3H5IN2/c1-5-3-6-2-4/h3H,1-2H2. The first-order valence-corrected chi connectivity index (χ1v) is 2.94. The average Bonchev–Trinajstić information content (AvgIpc) is 1.61. The Bertz CT molecular complexity index is 59.8. The van der Waals surface area contributed by atoms with Crippen LogP contribution in [-0.4, -0.2) is 17.6 Å². The largest absolute Gasteiger partial charge is 0.263 e. The second-order valence-electron chi connectivity index (χ2n) is 0.600. The number of aliphatic imine (C=N–C) groups is 2. The van der Waals surface area contributed by atoms with E-state index in [0.29, 0.717) is 0 Å². The summed E-state index contributed by atoms with van der Waals surface area (Å²) in [5.74, 6) is 0. The fourth-order valence-corrected chi connectivity index (χ4v) is 0.265. The first kappa shape index (κ1) is 6.07. The second-order valence-corrected chi connectivity index (χ2v) is 1.28. The van der Waals surface area contributed by atoms with Crippen LogP contribution in [0.1, 0.15) is 0 Å². The van der Waals surface area contributed by atoms with Crippen molar-refractivity contribution in [1.82, 2.24) is 0 Å². The summed E-state index contributed by atoms with van der Waals surface area (Å²) in [5, 5.41) is 0. The van der Waals surface area contributed by atoms with Gasteiger partial charge in [-0.3, -0.25) is 9.98 Å². The van der Waals surface area contributed by atoms with Crippen LogP contribution in [0.15, 0.2) is 9.98 Å². The van der Waals surface area contributed by atoms with Gasteiger partial charge in [0.1, 0.15) is 6.34 Å². The van der Waals surface area contributed by atoms with Crippen molar-refractivity contribution in [3.63, 3.8) is 0 Å². The van der Waals surface area contributed by atoms with Crippen molar-refractivity contribution in [2.75, 3.05) is 4.55 Å². The Morgan fingerprint density at radius 2 is 2.50 bits per heavy atom. The van der Waals surface area contributed by atoms with E-state index in [1.807, 2.05) is 0 Å². The third kappa shape index (κ3) is 4.07. The van der Waals surface area contributed by atoms with Crippen LogP contribution in [0.5, 0.6) is 0 Å². The highest BCUT2D eigenvalue weighted by molar-refractivity contribution is 14.1. The van der Waals surface area contributed by atoms with E-state index in [2.05, 4.69) is 39.3 Å². The lowest BCUT2D eigenvalue weighted by molar-refractivity contribution is 1.42. The van der Waals surface area contributed by atoms with Gasteiger partial charge in [-0.15, -0.1) is 0 Å². The molecular weight excluding hydrogens is 191 g/mol. The number of halogens is 1. The highest BCUT2D eigenvalue weighted by Crippen LogP contribution is 1.77. The monoisotopic (exact) mass is 196 g/mol. The molecule has 0 spiro atoms. The van der Waals surface area contributed by atoms with Gasteiger partial charge in [-0.05, 0) is 6.72 Å². The molecule has 6 heavy (non-hydrogen) atoms. The number of hydrogen-bond acceptors (Lipinski definition) is 1. The van der Waals surface area contributed by atoms with Crippen LogP contribution in [0.25, 0.3) is 0 Å². The molecule has 0 atom stereocenters. The van der Waals surface area contributed by atoms with E-state index in [-0.39, 0.29) is 0 Å². The van der Waals surface area contributed by atoms with Gasteiger partial charge in [0, 0.05) is 0 Å². The van der Waals surface area contributed by atoms with Crippen LogP contribution in [0, 0.1) is 0 Å². The molecule has 34 valence electrons. The van der Waals surface area contributed by atoms with Crippen LogP contribution < -0.4 is 0 Å². The highest BCUT2D eigenvalue weighted by atomic mass is 127. The minimum Gasteiger partial charge on any atom is -0.263 e. The molecule has 0 aliphatic carbocycles. The fraction of sp³-hybridized carbons (Fsp3) is 0.333. The molecule has 0 aliphatic rings. The van der Waals surface area contributed by atoms with Crippen molar-refractivity contribution in [3.8, 4) is 0 Å². The second kappa shape index (κ2) is 5.07. The van der Waals surface area contributed by atoms with E-state index in [9.17, 15) is 0 Å². The normalized spacial score (nSPS) is 9.50. The zero-order valence-corrected chi connectivity index (χ0v) is 5.42. The first-order valence-electron chi connectivity index (χ1n) is 1.42. The maximum atomic E-state index is 3.72. The summed E-state index contributed by atoms with van der Waals surface area (Å²) in [5.41, 5.74) is 0. The van der Waals surface area contributed by atoms with Crippen molar-refractivity contribution in [1.29, 1.82) is 0 Å². The van der Waals surface area contributed by atoms with Gasteiger partial charge in [0.25, 0.3) is 0 Å². The van der Waals surface area contributed by atoms with Crippen LogP contribution in [0.2, 0.25) is 0 Å². The molecule has 0 bridgehead atoms. The Labute approximate surface area is 50.5 Å². The van der Waals surface area contributed by atoms with Crippen LogP contribution in [0.3, 0.4) is 0 Å². The zero-order chi connectivity index (χ0) is 4.83. The first-order chi connectivity index (χ1) is 2.91. The average molecular weight is 196 g/mol. The fourth-order valence-electron chi connectivity index (χ4n) is 0.0886. The molecule has 3 heteroatoms. The number of rotatable bonds is 2. The van der Waals surface area contributed by atoms with Crippen LogP contribution in [-0.2, 0) is 0 Å². The van der Waals surface area contributed by atoms with Gasteiger partial charge in [0.05, 0.1) is 4.55 Å². The molecule has 0 radical (unpaired) electrons. The quantitative estimate of drug-likeness (QED) is 0.208. The molecule has 0 aliphatic heterocycles. The van der Waals surface area contributed by atoms with Gasteiger partial charge in [0.15, 0.2) is 0 Å². The Hall–Kier alpha value is 0.0700. The third-order valence-corrected chi connectivity index (χ3v) is 0.626. The highest BCUT2D eigenvalue weighted by Gasteiger charge is 1.56. The minimum absolute atomic E-state index is 0.761. The van der Waals surface area contributed by atoms with Crippen molar-refractivity contribution >= 4 is 35.6 Å². The van der Waals surface area contributed by atoms with E-state index in [1.165, 1.54) is 6.34 Å². The smallest absolute Gasteiger partial charge is 0.110 e. The van der Waals surface area contributed by atoms with Gasteiger partial charge < -0.3 is 0 Å². The Morgan fingerprint density at radius 3 is 2.67 bits per heavy atom. The summed E-state index contributed by atoms with van der Waals surface area (Å²) in [6.45, 7) is 3.20. The molecule has 0 unspecified atom stereocenters. The molecule has 0 aromatic heterocycles. The van der Waals surface area contributed by atoms with E-state index in [1.54, 1.807) is 0 Å². The van der Waals surface area contributed by atoms with Crippen LogP contribution >= 0.6 is 22.6 Å². The lowest BCUT2D eigenvalue weighted by Crippen LogP contribution is -1.61. The maximum Gasteiger partial charge on any atom is 0.110 e. The SMILES string of the molecule is C=NC=NCI. The summed E-state index contributed by atoms with van der Waals surface area (Å²) >= 11 is 2.13. The van der Waals surface area contributed by atoms with Crippen LogP contribution in [0.4, 0.5) is 0 Å². The Kier molecular flexibility index (Phi) is 5.13. The molecule has 2 nitrogen and oxygen atoms in total. The van der Waals surface area contributed by atoms with Crippen molar-refractivity contribution in [3.05, 3.63) is 0 Å². The molecule has 0 saturated carbocycles. The predicted molar refractivity (Wildman–Crippen MR) is 36.9 cm³/mol. The van der Waals surface area contributed by atoms with Gasteiger partial charge in [-0.25, -0.2) is 0 Å². The van der Waals surface area contributed by atoms with Gasteiger partial charge >= 0.3 is 0 Å². The van der Waals surface area contributed by atoms with Gasteiger partial charge in [0.2, 0.25) is 0 Å². The third-order valence-electron chi connectivity index (χ3n) is 0.232. The summed E-state index contributed by atoms with van der Waals surface area (Å²) in [7, 11) is 0. The summed E-state index contributed by atoms with van der Waals surface area (Å²) < 4.78 is 0.761. The number of hydrogen-bond donors (Lipinski definition) is 0. The van der Waals surface area contributed by atoms with Crippen molar-refractivity contribution in [2.24, 2.45) is 9.98 Å². The predicted octanol–water partition coefficient (Wildman–Crippen LogP) is 1.11. The summed E-state index contributed by atoms with van der Waals surface area (Å²) in [4.78, 5) is 7.10. The van der Waals surface area contributed by atoms with Gasteiger partial charge in [-0.1, -0.05) is 22.6 Å². The molecule has 0 saturated heterocycles. The lowest BCUT2D eigenvalue weighted by Gasteiger charge is -1.68. The zero-order valence-electron chi connectivity index (χ0n) is 3.26. The molecule has 0 aromatic carbocycles. The number of alkyl halides is 1. The van der Waals surface area contributed by atoms with Crippen molar-refractivity contribution < 1.29 is 0 Å². The topological polar surface area (TPSA) is 24.7 Å². The van der Waals surface area contributed by atoms with Crippen molar-refractivity contribution in [2.45, 2.75) is 0 Å². The molecular formula is C3H5IN2. The minimum atomic E-state index is 0.761. The van der Waals surface area contributed by atoms with E-state index < -0.39 is 0 Å². The molecule has 0 aromatic rings. The van der Waals surface area contributed by atoms with E-state index in [4.69, 9.17) is 0 Å². The summed E-state index contributed by atoms with van der Waals surface area (Å²) in [6.07, 6.45) is 1.44. The van der Waals surface area contributed by atoms with E-state index >= 15 is 0 Å². The lowest BCUT2D eigenvalue weighted by atomic mass is 11.2. The summed E-state index contributed by atoms with van der Waals surface area (Å²) in [6, 6.07) is 0. The van der Waals surface area contributed by atoms with E-state index in [0.717, 1.165) is 4.55 Å². The number of nitrogens with zero attached hydrogens (tertiary/aromatic N) is 2. The molecule has 0 amide bonds. The Morgan fingerprint density at radius 1 is 1.83 bits per heavy atom. The Balaban J connectivity index is 2.94. The van der Waals surface area contributed by atoms with Gasteiger partial charge in [-0.2, -0.15) is 0 Å². The molecule has 0 heterocycles. The molecule has 0 N–H and O–H groups in total. The molecule has 0 fully saturated rings.